The zero-order valence-electron chi connectivity index (χ0n) is 9.04. The summed E-state index contributed by atoms with van der Waals surface area (Å²) >= 11 is 11.6. The second-order valence-corrected chi connectivity index (χ2v) is 5.00. The molecule has 3 N–H and O–H groups in total. The van der Waals surface area contributed by atoms with Crippen molar-refractivity contribution in [1.29, 1.82) is 0 Å². The number of hydrogen-bond acceptors (Lipinski definition) is 4. The third-order valence-corrected chi connectivity index (χ3v) is 3.61. The smallest absolute Gasteiger partial charge is 0.227 e. The van der Waals surface area contributed by atoms with E-state index in [9.17, 15) is 4.79 Å². The molecule has 0 radical (unpaired) electrons. The summed E-state index contributed by atoms with van der Waals surface area (Å²) < 4.78 is 0. The molecule has 2 rings (SSSR count). The molecule has 0 bridgehead atoms. The van der Waals surface area contributed by atoms with Crippen LogP contribution in [0, 0.1) is 0 Å². The van der Waals surface area contributed by atoms with Crippen LogP contribution in [-0.2, 0) is 4.79 Å². The molecule has 17 heavy (non-hydrogen) atoms. The number of amides is 1. The van der Waals surface area contributed by atoms with E-state index in [1.165, 1.54) is 6.33 Å². The molecule has 0 aliphatic heterocycles. The Morgan fingerprint density at radius 2 is 2.18 bits per heavy atom. The van der Waals surface area contributed by atoms with Crippen LogP contribution in [0.4, 0.5) is 5.82 Å². The monoisotopic (exact) mass is 274 g/mol. The standard InChI is InChI=1S/C10H12Cl2N4O/c11-7-8(12)14-5-15-9(7)16-6(17)4-10(13)2-1-3-10/h5H,1-4,13H2,(H,14,15,16,17). The molecule has 5 nitrogen and oxygen atoms in total. The maximum absolute atomic E-state index is 11.7. The molecular formula is C10H12Cl2N4O. The van der Waals surface area contributed by atoms with E-state index in [1.54, 1.807) is 0 Å². The van der Waals surface area contributed by atoms with Crippen molar-refractivity contribution in [2.24, 2.45) is 5.73 Å². The Morgan fingerprint density at radius 1 is 1.47 bits per heavy atom. The van der Waals surface area contributed by atoms with Crippen LogP contribution in [0.2, 0.25) is 10.2 Å². The summed E-state index contributed by atoms with van der Waals surface area (Å²) in [6, 6.07) is 0. The fourth-order valence-corrected chi connectivity index (χ4v) is 2.02. The van der Waals surface area contributed by atoms with Crippen molar-refractivity contribution in [3.8, 4) is 0 Å². The Balaban J connectivity index is 2.00. The van der Waals surface area contributed by atoms with Gasteiger partial charge in [-0.3, -0.25) is 4.79 Å². The van der Waals surface area contributed by atoms with Gasteiger partial charge < -0.3 is 11.1 Å². The van der Waals surface area contributed by atoms with Crippen molar-refractivity contribution in [1.82, 2.24) is 9.97 Å². The highest BCUT2D eigenvalue weighted by Crippen LogP contribution is 2.33. The number of rotatable bonds is 3. The number of carbonyl (C=O) groups is 1. The summed E-state index contributed by atoms with van der Waals surface area (Å²) in [5.41, 5.74) is 5.61. The first-order chi connectivity index (χ1) is 8.00. The van der Waals surface area contributed by atoms with Gasteiger partial charge in [0.2, 0.25) is 5.91 Å². The van der Waals surface area contributed by atoms with Crippen molar-refractivity contribution in [3.63, 3.8) is 0 Å². The van der Waals surface area contributed by atoms with Crippen LogP contribution in [0.3, 0.4) is 0 Å². The van der Waals surface area contributed by atoms with Crippen molar-refractivity contribution < 1.29 is 4.79 Å². The predicted molar refractivity (Wildman–Crippen MR) is 66.1 cm³/mol. The zero-order chi connectivity index (χ0) is 12.5. The number of nitrogens with two attached hydrogens (primary N) is 1. The Labute approximate surface area is 109 Å². The third-order valence-electron chi connectivity index (χ3n) is 2.87. The molecule has 1 aromatic heterocycles. The minimum Gasteiger partial charge on any atom is -0.325 e. The Bertz CT molecular complexity index is 448. The highest BCUT2D eigenvalue weighted by atomic mass is 35.5. The van der Waals surface area contributed by atoms with E-state index < -0.39 is 0 Å². The molecule has 1 aromatic rings. The number of hydrogen-bond donors (Lipinski definition) is 2. The molecule has 0 saturated heterocycles. The molecule has 0 spiro atoms. The van der Waals surface area contributed by atoms with Gasteiger partial charge in [0.15, 0.2) is 11.0 Å². The van der Waals surface area contributed by atoms with Crippen LogP contribution in [-0.4, -0.2) is 21.4 Å². The SMILES string of the molecule is NC1(CC(=O)Nc2ncnc(Cl)c2Cl)CCC1. The predicted octanol–water partition coefficient (Wildman–Crippen LogP) is 1.99. The lowest BCUT2D eigenvalue weighted by Crippen LogP contribution is -2.49. The van der Waals surface area contributed by atoms with E-state index in [-0.39, 0.29) is 33.9 Å². The first-order valence-corrected chi connectivity index (χ1v) is 6.00. The summed E-state index contributed by atoms with van der Waals surface area (Å²) in [5, 5.41) is 2.84. The Morgan fingerprint density at radius 3 is 2.76 bits per heavy atom. The molecule has 1 amide bonds. The fourth-order valence-electron chi connectivity index (χ4n) is 1.74. The van der Waals surface area contributed by atoms with Crippen molar-refractivity contribution >= 4 is 34.9 Å². The highest BCUT2D eigenvalue weighted by Gasteiger charge is 2.34. The molecule has 0 atom stereocenters. The van der Waals surface area contributed by atoms with Crippen molar-refractivity contribution in [3.05, 3.63) is 16.5 Å². The topological polar surface area (TPSA) is 80.9 Å². The highest BCUT2D eigenvalue weighted by molar-refractivity contribution is 6.42. The van der Waals surface area contributed by atoms with Crippen LogP contribution in [0.1, 0.15) is 25.7 Å². The largest absolute Gasteiger partial charge is 0.325 e. The van der Waals surface area contributed by atoms with E-state index in [0.717, 1.165) is 19.3 Å². The van der Waals surface area contributed by atoms with Crippen LogP contribution >= 0.6 is 23.2 Å². The van der Waals surface area contributed by atoms with E-state index in [4.69, 9.17) is 28.9 Å². The Hall–Kier alpha value is -0.910. The quantitative estimate of drug-likeness (QED) is 0.826. The van der Waals surface area contributed by atoms with Gasteiger partial charge in [0.25, 0.3) is 0 Å². The average molecular weight is 275 g/mol. The van der Waals surface area contributed by atoms with Crippen LogP contribution in [0.5, 0.6) is 0 Å². The second-order valence-electron chi connectivity index (χ2n) is 4.27. The molecular weight excluding hydrogens is 263 g/mol. The number of halogens is 2. The van der Waals surface area contributed by atoms with E-state index in [2.05, 4.69) is 15.3 Å². The molecule has 1 aliphatic carbocycles. The van der Waals surface area contributed by atoms with Gasteiger partial charge in [0.1, 0.15) is 11.3 Å². The summed E-state index contributed by atoms with van der Waals surface area (Å²) in [4.78, 5) is 19.3. The molecule has 92 valence electrons. The lowest BCUT2D eigenvalue weighted by Gasteiger charge is -2.37. The van der Waals surface area contributed by atoms with Gasteiger partial charge >= 0.3 is 0 Å². The fraction of sp³-hybridized carbons (Fsp3) is 0.500. The number of carbonyl (C=O) groups excluding carboxylic acids is 1. The molecule has 1 fully saturated rings. The van der Waals surface area contributed by atoms with Gasteiger partial charge in [-0.1, -0.05) is 23.2 Å². The summed E-state index contributed by atoms with van der Waals surface area (Å²) in [6.45, 7) is 0. The van der Waals surface area contributed by atoms with Crippen LogP contribution in [0.25, 0.3) is 0 Å². The Kier molecular flexibility index (Phi) is 3.51. The van der Waals surface area contributed by atoms with Gasteiger partial charge in [0.05, 0.1) is 0 Å². The number of anilines is 1. The molecule has 0 aromatic carbocycles. The van der Waals surface area contributed by atoms with Crippen LogP contribution < -0.4 is 11.1 Å². The van der Waals surface area contributed by atoms with Gasteiger partial charge in [-0.25, -0.2) is 9.97 Å². The summed E-state index contributed by atoms with van der Waals surface area (Å²) in [7, 11) is 0. The van der Waals surface area contributed by atoms with Gasteiger partial charge in [-0.2, -0.15) is 0 Å². The number of nitrogens with one attached hydrogen (secondary N) is 1. The minimum atomic E-state index is -0.368. The first kappa shape index (κ1) is 12.5. The third kappa shape index (κ3) is 2.86. The van der Waals surface area contributed by atoms with Gasteiger partial charge in [0, 0.05) is 12.0 Å². The van der Waals surface area contributed by atoms with Crippen LogP contribution in [0.15, 0.2) is 6.33 Å². The lowest BCUT2D eigenvalue weighted by atomic mass is 9.75. The molecule has 0 unspecified atom stereocenters. The van der Waals surface area contributed by atoms with E-state index in [1.807, 2.05) is 0 Å². The number of aromatic nitrogens is 2. The zero-order valence-corrected chi connectivity index (χ0v) is 10.6. The molecule has 1 heterocycles. The first-order valence-electron chi connectivity index (χ1n) is 5.25. The van der Waals surface area contributed by atoms with Crippen molar-refractivity contribution in [2.45, 2.75) is 31.2 Å². The maximum atomic E-state index is 11.7. The second kappa shape index (κ2) is 4.76. The lowest BCUT2D eigenvalue weighted by molar-refractivity contribution is -0.118. The number of nitrogens with zero attached hydrogens (tertiary/aromatic N) is 2. The van der Waals surface area contributed by atoms with Gasteiger partial charge in [-0.15, -0.1) is 0 Å². The normalized spacial score (nSPS) is 17.4. The maximum Gasteiger partial charge on any atom is 0.227 e. The van der Waals surface area contributed by atoms with E-state index in [0.29, 0.717) is 0 Å². The minimum absolute atomic E-state index is 0.114. The average Bonchev–Trinajstić information content (AvgIpc) is 2.22. The van der Waals surface area contributed by atoms with Crippen molar-refractivity contribution in [2.75, 3.05) is 5.32 Å². The van der Waals surface area contributed by atoms with E-state index >= 15 is 0 Å². The molecule has 7 heteroatoms. The molecule has 1 saturated carbocycles. The molecule has 1 aliphatic rings. The summed E-state index contributed by atoms with van der Waals surface area (Å²) in [6.07, 6.45) is 4.33. The van der Waals surface area contributed by atoms with Gasteiger partial charge in [-0.05, 0) is 19.3 Å². The summed E-state index contributed by atoms with van der Waals surface area (Å²) in [5.74, 6) is 0.0171.